The Bertz CT molecular complexity index is 350. The van der Waals surface area contributed by atoms with Crippen molar-refractivity contribution in [3.63, 3.8) is 0 Å². The fraction of sp³-hybridized carbons (Fsp3) is 0.417. The fourth-order valence-electron chi connectivity index (χ4n) is 1.61. The van der Waals surface area contributed by atoms with Gasteiger partial charge in [-0.3, -0.25) is 4.79 Å². The summed E-state index contributed by atoms with van der Waals surface area (Å²) in [7, 11) is 0. The minimum atomic E-state index is -0.376. The van der Waals surface area contributed by atoms with Gasteiger partial charge in [0.2, 0.25) is 0 Å². The molecule has 0 amide bonds. The number of allylic oxidation sites excluding steroid dienone is 4. The lowest BCUT2D eigenvalue weighted by atomic mass is 10.1. The summed E-state index contributed by atoms with van der Waals surface area (Å²) in [6.45, 7) is 3.03. The van der Waals surface area contributed by atoms with Crippen LogP contribution in [0.3, 0.4) is 0 Å². The molecule has 1 unspecified atom stereocenters. The maximum absolute atomic E-state index is 11.6. The monoisotopic (exact) mass is 206 g/mol. The second kappa shape index (κ2) is 4.34. The van der Waals surface area contributed by atoms with Crippen molar-refractivity contribution >= 4 is 5.97 Å². The molecule has 80 valence electrons. The maximum atomic E-state index is 11.6. The second-order valence-corrected chi connectivity index (χ2v) is 3.69. The van der Waals surface area contributed by atoms with Crippen LogP contribution in [0.5, 0.6) is 0 Å². The number of carbonyl (C=O) groups excluding carboxylic acids is 1. The Morgan fingerprint density at radius 2 is 2.13 bits per heavy atom. The standard InChI is InChI=1S/C12H14O3/c1-9-4-2-5-10-11(8-9)14-6-3-7-15-12(10)13/h2,4-5,8,10H,3,6-7H2,1H3. The van der Waals surface area contributed by atoms with Gasteiger partial charge < -0.3 is 9.47 Å². The summed E-state index contributed by atoms with van der Waals surface area (Å²) in [5.41, 5.74) is 1.08. The molecule has 1 atom stereocenters. The van der Waals surface area contributed by atoms with Crippen LogP contribution in [0.4, 0.5) is 0 Å². The van der Waals surface area contributed by atoms with Gasteiger partial charge in [-0.05, 0) is 18.6 Å². The third-order valence-electron chi connectivity index (χ3n) is 2.39. The molecule has 1 heterocycles. The summed E-state index contributed by atoms with van der Waals surface area (Å²) < 4.78 is 10.7. The van der Waals surface area contributed by atoms with Crippen LogP contribution < -0.4 is 0 Å². The molecule has 0 aromatic rings. The molecule has 0 saturated carbocycles. The molecule has 2 aliphatic rings. The molecule has 1 aliphatic carbocycles. The molecule has 2 rings (SSSR count). The van der Waals surface area contributed by atoms with Crippen molar-refractivity contribution in [2.24, 2.45) is 5.92 Å². The molecule has 1 fully saturated rings. The van der Waals surface area contributed by atoms with Gasteiger partial charge in [-0.15, -0.1) is 0 Å². The first-order valence-corrected chi connectivity index (χ1v) is 5.13. The van der Waals surface area contributed by atoms with E-state index in [1.165, 1.54) is 0 Å². The summed E-state index contributed by atoms with van der Waals surface area (Å²) in [6, 6.07) is 0. The number of rotatable bonds is 0. The fourth-order valence-corrected chi connectivity index (χ4v) is 1.61. The lowest BCUT2D eigenvalue weighted by Crippen LogP contribution is -2.23. The van der Waals surface area contributed by atoms with Crippen molar-refractivity contribution in [2.75, 3.05) is 13.2 Å². The molecule has 3 heteroatoms. The average Bonchev–Trinajstić information content (AvgIpc) is 2.36. The van der Waals surface area contributed by atoms with Gasteiger partial charge in [-0.2, -0.15) is 0 Å². The van der Waals surface area contributed by atoms with Gasteiger partial charge in [0.1, 0.15) is 11.7 Å². The minimum Gasteiger partial charge on any atom is -0.497 e. The molecule has 0 aromatic heterocycles. The molecule has 15 heavy (non-hydrogen) atoms. The number of ether oxygens (including phenoxy) is 2. The van der Waals surface area contributed by atoms with Crippen LogP contribution in [0, 0.1) is 5.92 Å². The van der Waals surface area contributed by atoms with Crippen LogP contribution in [-0.4, -0.2) is 19.2 Å². The lowest BCUT2D eigenvalue weighted by Gasteiger charge is -2.20. The Balaban J connectivity index is 2.28. The predicted molar refractivity (Wildman–Crippen MR) is 56.0 cm³/mol. The first-order chi connectivity index (χ1) is 7.27. The minimum absolute atomic E-state index is 0.222. The maximum Gasteiger partial charge on any atom is 0.320 e. The van der Waals surface area contributed by atoms with Gasteiger partial charge in [-0.25, -0.2) is 0 Å². The highest BCUT2D eigenvalue weighted by atomic mass is 16.5. The molecule has 1 saturated heterocycles. The Morgan fingerprint density at radius 1 is 1.33 bits per heavy atom. The third-order valence-corrected chi connectivity index (χ3v) is 2.39. The van der Waals surface area contributed by atoms with E-state index in [9.17, 15) is 4.79 Å². The van der Waals surface area contributed by atoms with E-state index in [0.717, 1.165) is 12.0 Å². The zero-order valence-corrected chi connectivity index (χ0v) is 8.73. The lowest BCUT2D eigenvalue weighted by molar-refractivity contribution is -0.148. The molecule has 0 aromatic carbocycles. The highest BCUT2D eigenvalue weighted by Crippen LogP contribution is 2.23. The number of fused-ring (bicyclic) bond motifs is 1. The Hall–Kier alpha value is -1.51. The number of hydrogen-bond acceptors (Lipinski definition) is 3. The average molecular weight is 206 g/mol. The molecule has 3 nitrogen and oxygen atoms in total. The zero-order chi connectivity index (χ0) is 10.7. The van der Waals surface area contributed by atoms with E-state index in [1.807, 2.05) is 31.2 Å². The van der Waals surface area contributed by atoms with E-state index in [1.54, 1.807) is 0 Å². The predicted octanol–water partition coefficient (Wildman–Crippen LogP) is 1.97. The zero-order valence-electron chi connectivity index (χ0n) is 8.73. The van der Waals surface area contributed by atoms with Crippen LogP contribution in [0.1, 0.15) is 13.3 Å². The topological polar surface area (TPSA) is 35.5 Å². The molecular weight excluding hydrogens is 192 g/mol. The van der Waals surface area contributed by atoms with Crippen molar-refractivity contribution in [1.82, 2.24) is 0 Å². The van der Waals surface area contributed by atoms with Crippen molar-refractivity contribution in [1.29, 1.82) is 0 Å². The van der Waals surface area contributed by atoms with Crippen molar-refractivity contribution in [3.8, 4) is 0 Å². The summed E-state index contributed by atoms with van der Waals surface area (Å²) in [4.78, 5) is 11.6. The Labute approximate surface area is 89.1 Å². The largest absolute Gasteiger partial charge is 0.497 e. The first kappa shape index (κ1) is 10.0. The van der Waals surface area contributed by atoms with Crippen LogP contribution in [0.15, 0.2) is 35.6 Å². The van der Waals surface area contributed by atoms with Crippen molar-refractivity contribution in [3.05, 3.63) is 35.6 Å². The molecular formula is C12H14O3. The Morgan fingerprint density at radius 3 is 3.00 bits per heavy atom. The highest BCUT2D eigenvalue weighted by Gasteiger charge is 2.25. The molecule has 0 radical (unpaired) electrons. The highest BCUT2D eigenvalue weighted by molar-refractivity contribution is 5.78. The van der Waals surface area contributed by atoms with Gasteiger partial charge in [0.15, 0.2) is 0 Å². The van der Waals surface area contributed by atoms with Crippen LogP contribution in [-0.2, 0) is 14.3 Å². The van der Waals surface area contributed by atoms with Gasteiger partial charge >= 0.3 is 5.97 Å². The van der Waals surface area contributed by atoms with E-state index in [0.29, 0.717) is 19.0 Å². The molecule has 0 bridgehead atoms. The van der Waals surface area contributed by atoms with E-state index < -0.39 is 0 Å². The van der Waals surface area contributed by atoms with Crippen molar-refractivity contribution < 1.29 is 14.3 Å². The first-order valence-electron chi connectivity index (χ1n) is 5.13. The van der Waals surface area contributed by atoms with Crippen LogP contribution in [0.25, 0.3) is 0 Å². The van der Waals surface area contributed by atoms with E-state index in [2.05, 4.69) is 0 Å². The van der Waals surface area contributed by atoms with Gasteiger partial charge in [0.05, 0.1) is 13.2 Å². The van der Waals surface area contributed by atoms with E-state index in [4.69, 9.17) is 9.47 Å². The third kappa shape index (κ3) is 2.29. The number of carbonyl (C=O) groups is 1. The normalized spacial score (nSPS) is 25.9. The van der Waals surface area contributed by atoms with Gasteiger partial charge in [-0.1, -0.05) is 18.2 Å². The Kier molecular flexibility index (Phi) is 2.90. The van der Waals surface area contributed by atoms with E-state index >= 15 is 0 Å². The quantitative estimate of drug-likeness (QED) is 0.568. The van der Waals surface area contributed by atoms with Crippen LogP contribution >= 0.6 is 0 Å². The summed E-state index contributed by atoms with van der Waals surface area (Å²) in [6.07, 6.45) is 8.29. The SMILES string of the molecule is CC1=CC=CC2C(=O)OCCCOC2=C1. The summed E-state index contributed by atoms with van der Waals surface area (Å²) >= 11 is 0. The van der Waals surface area contributed by atoms with Crippen LogP contribution in [0.2, 0.25) is 0 Å². The number of cyclic esters (lactones) is 1. The smallest absolute Gasteiger partial charge is 0.320 e. The van der Waals surface area contributed by atoms with Gasteiger partial charge in [0.25, 0.3) is 0 Å². The summed E-state index contributed by atoms with van der Waals surface area (Å²) in [5, 5.41) is 0. The molecule has 0 spiro atoms. The van der Waals surface area contributed by atoms with Gasteiger partial charge in [0, 0.05) is 6.42 Å². The number of esters is 1. The molecule has 1 aliphatic heterocycles. The molecule has 0 N–H and O–H groups in total. The number of hydrogen-bond donors (Lipinski definition) is 0. The summed E-state index contributed by atoms with van der Waals surface area (Å²) in [5.74, 6) is 0.0986. The van der Waals surface area contributed by atoms with E-state index in [-0.39, 0.29) is 11.9 Å². The second-order valence-electron chi connectivity index (χ2n) is 3.69. The van der Waals surface area contributed by atoms with Crippen molar-refractivity contribution in [2.45, 2.75) is 13.3 Å².